The molecule has 0 saturated carbocycles. The highest BCUT2D eigenvalue weighted by Gasteiger charge is 2.28. The number of nitrogens with zero attached hydrogens (tertiary/aromatic N) is 3. The van der Waals surface area contributed by atoms with Crippen LogP contribution in [0.3, 0.4) is 0 Å². The van der Waals surface area contributed by atoms with Crippen LogP contribution in [0.15, 0.2) is 66.7 Å². The van der Waals surface area contributed by atoms with E-state index in [0.717, 1.165) is 11.1 Å². The smallest absolute Gasteiger partial charge is 0.270 e. The minimum atomic E-state index is -0.992. The third kappa shape index (κ3) is 4.26. The number of anilines is 1. The van der Waals surface area contributed by atoms with E-state index in [0.29, 0.717) is 31.7 Å². The highest BCUT2D eigenvalue weighted by atomic mass is 16.3. The highest BCUT2D eigenvalue weighted by Crippen LogP contribution is 2.16. The number of piperazine rings is 1. The van der Waals surface area contributed by atoms with Gasteiger partial charge in [-0.3, -0.25) is 9.59 Å². The third-order valence-electron chi connectivity index (χ3n) is 5.33. The van der Waals surface area contributed by atoms with E-state index in [-0.39, 0.29) is 11.6 Å². The van der Waals surface area contributed by atoms with Crippen molar-refractivity contribution in [3.05, 3.63) is 72.4 Å². The van der Waals surface area contributed by atoms with Gasteiger partial charge in [0.25, 0.3) is 5.91 Å². The zero-order valence-electron chi connectivity index (χ0n) is 16.6. The fraction of sp³-hybridized carbons (Fsp3) is 0.261. The first kappa shape index (κ1) is 19.8. The van der Waals surface area contributed by atoms with Crippen LogP contribution < -0.4 is 10.2 Å². The minimum Gasteiger partial charge on any atom is -0.394 e. The molecule has 7 nitrogen and oxygen atoms in total. The van der Waals surface area contributed by atoms with Crippen molar-refractivity contribution in [1.82, 2.24) is 15.2 Å². The predicted octanol–water partition coefficient (Wildman–Crippen LogP) is 1.67. The molecule has 7 heteroatoms. The van der Waals surface area contributed by atoms with Crippen LogP contribution >= 0.6 is 0 Å². The van der Waals surface area contributed by atoms with Crippen molar-refractivity contribution >= 4 is 28.4 Å². The maximum atomic E-state index is 12.9. The molecule has 2 heterocycles. The van der Waals surface area contributed by atoms with Crippen LogP contribution in [0.1, 0.15) is 10.5 Å². The first-order valence-corrected chi connectivity index (χ1v) is 10.0. The molecule has 1 saturated heterocycles. The Balaban J connectivity index is 1.38. The van der Waals surface area contributed by atoms with E-state index >= 15 is 0 Å². The zero-order valence-corrected chi connectivity index (χ0v) is 16.6. The average Bonchev–Trinajstić information content (AvgIpc) is 2.82. The Hall–Kier alpha value is -3.45. The van der Waals surface area contributed by atoms with E-state index in [1.165, 1.54) is 0 Å². The van der Waals surface area contributed by atoms with Gasteiger partial charge in [-0.1, -0.05) is 42.5 Å². The van der Waals surface area contributed by atoms with Crippen LogP contribution in [-0.4, -0.2) is 65.6 Å². The maximum Gasteiger partial charge on any atom is 0.270 e. The average molecular weight is 404 g/mol. The molecule has 1 fully saturated rings. The number of carbonyl (C=O) groups is 2. The summed E-state index contributed by atoms with van der Waals surface area (Å²) in [5.74, 6) is -0.754. The number of nitrogens with one attached hydrogen (secondary N) is 1. The number of para-hydroxylation sites is 2. The summed E-state index contributed by atoms with van der Waals surface area (Å²) in [6.45, 7) is 2.02. The van der Waals surface area contributed by atoms with Gasteiger partial charge < -0.3 is 20.2 Å². The van der Waals surface area contributed by atoms with Crippen molar-refractivity contribution in [3.63, 3.8) is 0 Å². The molecule has 1 aliphatic rings. The van der Waals surface area contributed by atoms with E-state index in [1.807, 2.05) is 60.7 Å². The topological polar surface area (TPSA) is 85.8 Å². The summed E-state index contributed by atoms with van der Waals surface area (Å²) in [7, 11) is 0. The van der Waals surface area contributed by atoms with Gasteiger partial charge in [-0.15, -0.1) is 0 Å². The Morgan fingerprint density at radius 3 is 2.37 bits per heavy atom. The number of hydrogen-bond acceptors (Lipinski definition) is 5. The Kier molecular flexibility index (Phi) is 5.90. The number of aliphatic hydroxyl groups is 1. The number of hydrogen-bond donors (Lipinski definition) is 2. The van der Waals surface area contributed by atoms with Gasteiger partial charge in [0.05, 0.1) is 12.1 Å². The molecule has 2 aromatic carbocycles. The van der Waals surface area contributed by atoms with Crippen LogP contribution in [0.5, 0.6) is 0 Å². The minimum absolute atomic E-state index is 0.217. The molecule has 1 aliphatic heterocycles. The number of aliphatic hydroxyl groups excluding tert-OH is 1. The molecule has 1 atom stereocenters. The summed E-state index contributed by atoms with van der Waals surface area (Å²) < 4.78 is 0. The second kappa shape index (κ2) is 8.92. The standard InChI is InChI=1S/C23H24N4O3/c28-16-21(25-22(29)20-11-10-17-6-4-5-9-19(17)24-20)23(30)27-14-12-26(13-15-27)18-7-2-1-3-8-18/h1-11,21,28H,12-16H2,(H,25,29). The number of fused-ring (bicyclic) bond motifs is 1. The molecule has 4 rings (SSSR count). The number of amides is 2. The fourth-order valence-electron chi connectivity index (χ4n) is 3.65. The van der Waals surface area contributed by atoms with Crippen LogP contribution in [0.2, 0.25) is 0 Å². The van der Waals surface area contributed by atoms with Crippen LogP contribution in [0, 0.1) is 0 Å². The molecule has 2 N–H and O–H groups in total. The summed E-state index contributed by atoms with van der Waals surface area (Å²) in [5, 5.41) is 13.3. The Bertz CT molecular complexity index is 1030. The Morgan fingerprint density at radius 2 is 1.63 bits per heavy atom. The van der Waals surface area contributed by atoms with Crippen molar-refractivity contribution < 1.29 is 14.7 Å². The third-order valence-corrected chi connectivity index (χ3v) is 5.33. The Morgan fingerprint density at radius 1 is 0.933 bits per heavy atom. The second-order valence-corrected chi connectivity index (χ2v) is 7.25. The number of carbonyl (C=O) groups excluding carboxylic acids is 2. The van der Waals surface area contributed by atoms with Gasteiger partial charge in [-0.2, -0.15) is 0 Å². The normalized spacial score (nSPS) is 15.1. The van der Waals surface area contributed by atoms with E-state index < -0.39 is 18.6 Å². The van der Waals surface area contributed by atoms with Crippen molar-refractivity contribution in [2.45, 2.75) is 6.04 Å². The lowest BCUT2D eigenvalue weighted by molar-refractivity contribution is -0.134. The highest BCUT2D eigenvalue weighted by molar-refractivity contribution is 5.97. The van der Waals surface area contributed by atoms with Crippen molar-refractivity contribution in [2.75, 3.05) is 37.7 Å². The van der Waals surface area contributed by atoms with Gasteiger partial charge in [-0.05, 0) is 24.3 Å². The molecule has 0 aliphatic carbocycles. The van der Waals surface area contributed by atoms with Gasteiger partial charge >= 0.3 is 0 Å². The van der Waals surface area contributed by atoms with Crippen LogP contribution in [-0.2, 0) is 4.79 Å². The first-order chi connectivity index (χ1) is 14.7. The summed E-state index contributed by atoms with van der Waals surface area (Å²) in [6, 6.07) is 20.0. The number of benzene rings is 2. The molecule has 0 spiro atoms. The largest absolute Gasteiger partial charge is 0.394 e. The van der Waals surface area contributed by atoms with Gasteiger partial charge in [0.15, 0.2) is 0 Å². The van der Waals surface area contributed by atoms with E-state index in [2.05, 4.69) is 15.2 Å². The van der Waals surface area contributed by atoms with Crippen molar-refractivity contribution in [2.24, 2.45) is 0 Å². The monoisotopic (exact) mass is 404 g/mol. The molecule has 30 heavy (non-hydrogen) atoms. The van der Waals surface area contributed by atoms with Gasteiger partial charge in [-0.25, -0.2) is 4.98 Å². The molecule has 0 radical (unpaired) electrons. The molecule has 1 aromatic heterocycles. The van der Waals surface area contributed by atoms with E-state index in [1.54, 1.807) is 11.0 Å². The number of rotatable bonds is 5. The summed E-state index contributed by atoms with van der Waals surface area (Å²) in [4.78, 5) is 33.7. The lowest BCUT2D eigenvalue weighted by Crippen LogP contribution is -2.56. The molecule has 0 bridgehead atoms. The van der Waals surface area contributed by atoms with E-state index in [9.17, 15) is 14.7 Å². The molecule has 2 amide bonds. The van der Waals surface area contributed by atoms with Crippen LogP contribution in [0.4, 0.5) is 5.69 Å². The van der Waals surface area contributed by atoms with Gasteiger partial charge in [0.1, 0.15) is 11.7 Å². The summed E-state index contributed by atoms with van der Waals surface area (Å²) in [5.41, 5.74) is 2.04. The summed E-state index contributed by atoms with van der Waals surface area (Å²) in [6.07, 6.45) is 0. The second-order valence-electron chi connectivity index (χ2n) is 7.25. The fourth-order valence-corrected chi connectivity index (χ4v) is 3.65. The van der Waals surface area contributed by atoms with Crippen molar-refractivity contribution in [1.29, 1.82) is 0 Å². The number of pyridine rings is 1. The zero-order chi connectivity index (χ0) is 20.9. The quantitative estimate of drug-likeness (QED) is 0.676. The van der Waals surface area contributed by atoms with Crippen LogP contribution in [0.25, 0.3) is 10.9 Å². The molecule has 3 aromatic rings. The van der Waals surface area contributed by atoms with Crippen molar-refractivity contribution in [3.8, 4) is 0 Å². The SMILES string of the molecule is O=C(NC(CO)C(=O)N1CCN(c2ccccc2)CC1)c1ccc2ccccc2n1. The lowest BCUT2D eigenvalue weighted by Gasteiger charge is -2.37. The maximum absolute atomic E-state index is 12.9. The van der Waals surface area contributed by atoms with E-state index in [4.69, 9.17) is 0 Å². The molecule has 154 valence electrons. The summed E-state index contributed by atoms with van der Waals surface area (Å²) >= 11 is 0. The predicted molar refractivity (Wildman–Crippen MR) is 115 cm³/mol. The Labute approximate surface area is 174 Å². The lowest BCUT2D eigenvalue weighted by atomic mass is 10.2. The van der Waals surface area contributed by atoms with Gasteiger partial charge in [0, 0.05) is 37.3 Å². The molecular weight excluding hydrogens is 380 g/mol. The molecular formula is C23H24N4O3. The molecule has 1 unspecified atom stereocenters. The first-order valence-electron chi connectivity index (χ1n) is 10.0. The van der Waals surface area contributed by atoms with Gasteiger partial charge in [0.2, 0.25) is 5.91 Å². The number of aromatic nitrogens is 1.